The molecule has 6 heteroatoms. The third kappa shape index (κ3) is 4.48. The fourth-order valence-electron chi connectivity index (χ4n) is 3.90. The van der Waals surface area contributed by atoms with Crippen molar-refractivity contribution >= 4 is 11.9 Å². The van der Waals surface area contributed by atoms with E-state index >= 15 is 0 Å². The summed E-state index contributed by atoms with van der Waals surface area (Å²) in [6, 6.07) is 9.88. The predicted octanol–water partition coefficient (Wildman–Crippen LogP) is 2.45. The molecule has 2 atom stereocenters. The van der Waals surface area contributed by atoms with Crippen LogP contribution in [-0.4, -0.2) is 73.0 Å². The van der Waals surface area contributed by atoms with Gasteiger partial charge in [0.1, 0.15) is 5.75 Å². The molecule has 0 N–H and O–H groups in total. The van der Waals surface area contributed by atoms with Crippen LogP contribution >= 0.6 is 0 Å². The average molecular weight is 359 g/mol. The van der Waals surface area contributed by atoms with Crippen molar-refractivity contribution in [3.8, 4) is 5.75 Å². The zero-order valence-electron chi connectivity index (χ0n) is 15.8. The number of nitrogens with zero attached hydrogens (tertiary/aromatic N) is 3. The summed E-state index contributed by atoms with van der Waals surface area (Å²) < 4.78 is 5.68. The van der Waals surface area contributed by atoms with E-state index in [4.69, 9.17) is 4.74 Å². The van der Waals surface area contributed by atoms with Crippen LogP contribution in [-0.2, 0) is 4.79 Å². The summed E-state index contributed by atoms with van der Waals surface area (Å²) in [6.07, 6.45) is 3.30. The Kier molecular flexibility index (Phi) is 6.01. The highest BCUT2D eigenvalue weighted by Crippen LogP contribution is 2.29. The van der Waals surface area contributed by atoms with Crippen molar-refractivity contribution < 1.29 is 14.3 Å². The van der Waals surface area contributed by atoms with Gasteiger partial charge in [0.15, 0.2) is 0 Å². The average Bonchev–Trinajstić information content (AvgIpc) is 2.97. The number of amides is 3. The van der Waals surface area contributed by atoms with Crippen LogP contribution in [0.3, 0.4) is 0 Å². The first kappa shape index (κ1) is 18.5. The van der Waals surface area contributed by atoms with Gasteiger partial charge in [-0.2, -0.15) is 0 Å². The van der Waals surface area contributed by atoms with Crippen LogP contribution in [0.2, 0.25) is 0 Å². The summed E-state index contributed by atoms with van der Waals surface area (Å²) in [6.45, 7) is 2.73. The van der Waals surface area contributed by atoms with E-state index in [9.17, 15) is 9.59 Å². The molecule has 0 saturated carbocycles. The Morgan fingerprint density at radius 1 is 1.12 bits per heavy atom. The van der Waals surface area contributed by atoms with E-state index in [1.807, 2.05) is 40.1 Å². The van der Waals surface area contributed by atoms with Crippen LogP contribution in [0.4, 0.5) is 4.79 Å². The molecule has 3 amide bonds. The number of rotatable bonds is 5. The SMILES string of the molecule is CN(C)C(=O)N1C[C@@H]2CC[C@H](C1)N(C(=O)CCCOc1ccccc1)C2. The molecule has 142 valence electrons. The topological polar surface area (TPSA) is 53.1 Å². The molecule has 3 aliphatic heterocycles. The van der Waals surface area contributed by atoms with Crippen molar-refractivity contribution in [3.63, 3.8) is 0 Å². The maximum atomic E-state index is 12.7. The quantitative estimate of drug-likeness (QED) is 0.759. The van der Waals surface area contributed by atoms with Gasteiger partial charge >= 0.3 is 6.03 Å². The van der Waals surface area contributed by atoms with Gasteiger partial charge in [0.2, 0.25) is 5.91 Å². The van der Waals surface area contributed by atoms with E-state index in [2.05, 4.69) is 0 Å². The van der Waals surface area contributed by atoms with Crippen molar-refractivity contribution in [2.75, 3.05) is 40.3 Å². The van der Waals surface area contributed by atoms with Crippen LogP contribution < -0.4 is 4.74 Å². The number of hydrogen-bond acceptors (Lipinski definition) is 3. The van der Waals surface area contributed by atoms with Crippen LogP contribution in [0.5, 0.6) is 5.75 Å². The minimum atomic E-state index is 0.0486. The molecule has 1 aromatic carbocycles. The van der Waals surface area contributed by atoms with Crippen LogP contribution in [0, 0.1) is 5.92 Å². The van der Waals surface area contributed by atoms with Gasteiger partial charge in [-0.3, -0.25) is 4.79 Å². The molecule has 4 rings (SSSR count). The van der Waals surface area contributed by atoms with E-state index in [-0.39, 0.29) is 18.0 Å². The molecule has 0 aliphatic carbocycles. The summed E-state index contributed by atoms with van der Waals surface area (Å²) in [5.74, 6) is 1.42. The number of piperidine rings is 1. The molecule has 3 aliphatic rings. The lowest BCUT2D eigenvalue weighted by molar-refractivity contribution is -0.135. The van der Waals surface area contributed by atoms with Crippen molar-refractivity contribution in [1.82, 2.24) is 14.7 Å². The Bertz CT molecular complexity index is 620. The van der Waals surface area contributed by atoms with Gasteiger partial charge in [-0.15, -0.1) is 0 Å². The molecular formula is C20H29N3O3. The highest BCUT2D eigenvalue weighted by Gasteiger charge is 2.38. The van der Waals surface area contributed by atoms with Gasteiger partial charge in [-0.1, -0.05) is 18.2 Å². The van der Waals surface area contributed by atoms with Gasteiger partial charge in [0, 0.05) is 46.2 Å². The van der Waals surface area contributed by atoms with Crippen molar-refractivity contribution in [2.24, 2.45) is 5.92 Å². The van der Waals surface area contributed by atoms with Gasteiger partial charge in [0.25, 0.3) is 0 Å². The smallest absolute Gasteiger partial charge is 0.319 e. The summed E-state index contributed by atoms with van der Waals surface area (Å²) in [5.41, 5.74) is 0. The second-order valence-corrected chi connectivity index (χ2v) is 7.49. The third-order valence-corrected chi connectivity index (χ3v) is 5.23. The van der Waals surface area contributed by atoms with E-state index in [0.29, 0.717) is 31.9 Å². The van der Waals surface area contributed by atoms with Gasteiger partial charge in [-0.05, 0) is 37.3 Å². The summed E-state index contributed by atoms with van der Waals surface area (Å²) in [7, 11) is 3.57. The van der Waals surface area contributed by atoms with Gasteiger partial charge < -0.3 is 19.4 Å². The van der Waals surface area contributed by atoms with Crippen LogP contribution in [0.15, 0.2) is 30.3 Å². The maximum absolute atomic E-state index is 12.7. The number of carbonyl (C=O) groups excluding carboxylic acids is 2. The Morgan fingerprint density at radius 2 is 1.88 bits per heavy atom. The first-order valence-corrected chi connectivity index (χ1v) is 9.48. The molecule has 0 radical (unpaired) electrons. The second-order valence-electron chi connectivity index (χ2n) is 7.49. The number of para-hydroxylation sites is 1. The fraction of sp³-hybridized carbons (Fsp3) is 0.600. The van der Waals surface area contributed by atoms with E-state index < -0.39 is 0 Å². The first-order chi connectivity index (χ1) is 12.5. The zero-order valence-corrected chi connectivity index (χ0v) is 15.8. The summed E-state index contributed by atoms with van der Waals surface area (Å²) >= 11 is 0. The van der Waals surface area contributed by atoms with Crippen molar-refractivity contribution in [3.05, 3.63) is 30.3 Å². The highest BCUT2D eigenvalue weighted by atomic mass is 16.5. The van der Waals surface area contributed by atoms with Crippen molar-refractivity contribution in [2.45, 2.75) is 31.7 Å². The van der Waals surface area contributed by atoms with Crippen molar-refractivity contribution in [1.29, 1.82) is 0 Å². The van der Waals surface area contributed by atoms with Gasteiger partial charge in [-0.25, -0.2) is 4.79 Å². The minimum absolute atomic E-state index is 0.0486. The van der Waals surface area contributed by atoms with Crippen LogP contribution in [0.25, 0.3) is 0 Å². The molecule has 3 saturated heterocycles. The molecule has 0 unspecified atom stereocenters. The summed E-state index contributed by atoms with van der Waals surface area (Å²) in [5, 5.41) is 0. The molecule has 0 aromatic heterocycles. The number of urea groups is 1. The normalized spacial score (nSPS) is 22.1. The lowest BCUT2D eigenvalue weighted by atomic mass is 9.94. The molecule has 6 nitrogen and oxygen atoms in total. The minimum Gasteiger partial charge on any atom is -0.494 e. The second kappa shape index (κ2) is 8.43. The first-order valence-electron chi connectivity index (χ1n) is 9.48. The lowest BCUT2D eigenvalue weighted by Gasteiger charge is -2.36. The maximum Gasteiger partial charge on any atom is 0.319 e. The van der Waals surface area contributed by atoms with E-state index in [1.165, 1.54) is 0 Å². The number of benzene rings is 1. The van der Waals surface area contributed by atoms with Crippen LogP contribution in [0.1, 0.15) is 25.7 Å². The standard InChI is InChI=1S/C20H29N3O3/c1-21(2)20(25)22-13-16-10-11-17(15-22)23(14-16)19(24)9-6-12-26-18-7-4-3-5-8-18/h3-5,7-8,16-17H,6,9-15H2,1-2H3/t16-,17+/m0/s1. The Hall–Kier alpha value is -2.24. The fourth-order valence-corrected chi connectivity index (χ4v) is 3.90. The van der Waals surface area contributed by atoms with E-state index in [1.54, 1.807) is 19.0 Å². The highest BCUT2D eigenvalue weighted by molar-refractivity contribution is 5.77. The number of ether oxygens (including phenoxy) is 1. The molecule has 26 heavy (non-hydrogen) atoms. The molecule has 3 fully saturated rings. The summed E-state index contributed by atoms with van der Waals surface area (Å²) in [4.78, 5) is 30.6. The Morgan fingerprint density at radius 3 is 2.62 bits per heavy atom. The predicted molar refractivity (Wildman–Crippen MR) is 100 cm³/mol. The van der Waals surface area contributed by atoms with E-state index in [0.717, 1.165) is 31.7 Å². The molecular weight excluding hydrogens is 330 g/mol. The number of fused-ring (bicyclic) bond motifs is 4. The molecule has 3 heterocycles. The molecule has 2 bridgehead atoms. The Balaban J connectivity index is 1.49. The lowest BCUT2D eigenvalue weighted by Crippen LogP contribution is -2.48. The number of hydrogen-bond donors (Lipinski definition) is 0. The molecule has 0 spiro atoms. The Labute approximate surface area is 155 Å². The third-order valence-electron chi connectivity index (χ3n) is 5.23. The molecule has 1 aromatic rings. The largest absolute Gasteiger partial charge is 0.494 e. The van der Waals surface area contributed by atoms with Gasteiger partial charge in [0.05, 0.1) is 6.61 Å². The monoisotopic (exact) mass is 359 g/mol. The zero-order chi connectivity index (χ0) is 18.5. The number of carbonyl (C=O) groups is 2.